The van der Waals surface area contributed by atoms with Gasteiger partial charge in [-0.2, -0.15) is 5.26 Å². The summed E-state index contributed by atoms with van der Waals surface area (Å²) in [6.45, 7) is 1.70. The number of carbonyl (C=O) groups excluding carboxylic acids is 1. The van der Waals surface area contributed by atoms with Crippen molar-refractivity contribution < 1.29 is 4.79 Å². The van der Waals surface area contributed by atoms with Crippen molar-refractivity contribution in [1.82, 2.24) is 5.32 Å². The first kappa shape index (κ1) is 12.9. The lowest BCUT2D eigenvalue weighted by atomic mass is 9.99. The lowest BCUT2D eigenvalue weighted by molar-refractivity contribution is -0.120. The van der Waals surface area contributed by atoms with Crippen LogP contribution < -0.4 is 10.6 Å². The molecule has 1 aliphatic rings. The minimum absolute atomic E-state index is 0.00275. The molecule has 0 aliphatic carbocycles. The molecule has 18 heavy (non-hydrogen) atoms. The first-order chi connectivity index (χ1) is 8.70. The van der Waals surface area contributed by atoms with Crippen LogP contribution in [0.4, 0.5) is 5.69 Å². The average molecular weight is 264 g/mol. The Kier molecular flexibility index (Phi) is 4.19. The van der Waals surface area contributed by atoms with Gasteiger partial charge in [0.1, 0.15) is 6.07 Å². The van der Waals surface area contributed by atoms with E-state index in [1.807, 2.05) is 6.07 Å². The van der Waals surface area contributed by atoms with Crippen molar-refractivity contribution in [1.29, 1.82) is 5.26 Å². The number of carbonyl (C=O) groups is 1. The Hall–Kier alpha value is -1.57. The molecule has 94 valence electrons. The number of nitrogens with one attached hydrogen (secondary N) is 2. The molecule has 2 rings (SSSR count). The van der Waals surface area contributed by atoms with Gasteiger partial charge in [0.2, 0.25) is 5.91 Å². The minimum atomic E-state index is 0.00275. The van der Waals surface area contributed by atoms with E-state index >= 15 is 0 Å². The molecule has 1 amide bonds. The number of anilines is 1. The van der Waals surface area contributed by atoms with Crippen LogP contribution in [0, 0.1) is 17.2 Å². The Morgan fingerprint density at radius 3 is 3.00 bits per heavy atom. The van der Waals surface area contributed by atoms with Crippen LogP contribution in [0.2, 0.25) is 5.02 Å². The van der Waals surface area contributed by atoms with E-state index in [0.29, 0.717) is 16.3 Å². The molecule has 4 nitrogen and oxygen atoms in total. The van der Waals surface area contributed by atoms with Crippen LogP contribution >= 0.6 is 11.6 Å². The zero-order chi connectivity index (χ0) is 13.0. The van der Waals surface area contributed by atoms with E-state index < -0.39 is 0 Å². The quantitative estimate of drug-likeness (QED) is 0.859. The standard InChI is InChI=1S/C13H14ClN3O/c14-12-6-11(4-3-9(12)7-15)17-13(18)10-2-1-5-16-8-10/h3-4,6,10,16H,1-2,5,8H2,(H,17,18)/t10-/m1/s1. The van der Waals surface area contributed by atoms with Crippen LogP contribution in [0.1, 0.15) is 18.4 Å². The maximum atomic E-state index is 12.0. The molecule has 1 aromatic rings. The monoisotopic (exact) mass is 263 g/mol. The Bertz CT molecular complexity index is 489. The number of hydrogen-bond acceptors (Lipinski definition) is 3. The first-order valence-corrected chi connectivity index (χ1v) is 6.29. The fourth-order valence-electron chi connectivity index (χ4n) is 2.00. The number of halogens is 1. The first-order valence-electron chi connectivity index (χ1n) is 5.92. The van der Waals surface area contributed by atoms with Crippen molar-refractivity contribution >= 4 is 23.2 Å². The molecule has 0 unspecified atom stereocenters. The summed E-state index contributed by atoms with van der Waals surface area (Å²) in [5.41, 5.74) is 1.04. The van der Waals surface area contributed by atoms with Crippen LogP contribution in [0.15, 0.2) is 18.2 Å². The van der Waals surface area contributed by atoms with Crippen molar-refractivity contribution in [3.8, 4) is 6.07 Å². The van der Waals surface area contributed by atoms with E-state index in [4.69, 9.17) is 16.9 Å². The molecule has 1 aliphatic heterocycles. The Morgan fingerprint density at radius 2 is 2.39 bits per heavy atom. The van der Waals surface area contributed by atoms with E-state index in [1.165, 1.54) is 0 Å². The fourth-order valence-corrected chi connectivity index (χ4v) is 2.23. The van der Waals surface area contributed by atoms with Gasteiger partial charge in [-0.25, -0.2) is 0 Å². The summed E-state index contributed by atoms with van der Waals surface area (Å²) in [6, 6.07) is 6.89. The third-order valence-electron chi connectivity index (χ3n) is 3.02. The topological polar surface area (TPSA) is 64.9 Å². The predicted octanol–water partition coefficient (Wildman–Crippen LogP) is 2.15. The third-order valence-corrected chi connectivity index (χ3v) is 3.34. The molecule has 1 saturated heterocycles. The summed E-state index contributed by atoms with van der Waals surface area (Å²) < 4.78 is 0. The summed E-state index contributed by atoms with van der Waals surface area (Å²) in [4.78, 5) is 12.0. The number of nitriles is 1. The van der Waals surface area contributed by atoms with Crippen molar-refractivity contribution in [2.24, 2.45) is 5.92 Å². The second-order valence-corrected chi connectivity index (χ2v) is 4.75. The molecule has 1 atom stereocenters. The highest BCUT2D eigenvalue weighted by Gasteiger charge is 2.20. The second kappa shape index (κ2) is 5.85. The van der Waals surface area contributed by atoms with Gasteiger partial charge in [-0.15, -0.1) is 0 Å². The number of rotatable bonds is 2. The maximum Gasteiger partial charge on any atom is 0.228 e. The normalized spacial score (nSPS) is 19.0. The van der Waals surface area contributed by atoms with Crippen LogP contribution in [-0.4, -0.2) is 19.0 Å². The molecule has 5 heteroatoms. The third kappa shape index (κ3) is 3.00. The van der Waals surface area contributed by atoms with E-state index in [2.05, 4.69) is 10.6 Å². The minimum Gasteiger partial charge on any atom is -0.326 e. The Balaban J connectivity index is 2.02. The van der Waals surface area contributed by atoms with Crippen molar-refractivity contribution in [2.45, 2.75) is 12.8 Å². The molecule has 1 heterocycles. The van der Waals surface area contributed by atoms with Gasteiger partial charge in [-0.3, -0.25) is 4.79 Å². The number of hydrogen-bond donors (Lipinski definition) is 2. The van der Waals surface area contributed by atoms with Gasteiger partial charge in [-0.1, -0.05) is 11.6 Å². The zero-order valence-electron chi connectivity index (χ0n) is 9.87. The van der Waals surface area contributed by atoms with E-state index in [9.17, 15) is 4.79 Å². The van der Waals surface area contributed by atoms with Crippen LogP contribution in [0.5, 0.6) is 0 Å². The number of benzene rings is 1. The van der Waals surface area contributed by atoms with Gasteiger partial charge < -0.3 is 10.6 Å². The highest BCUT2D eigenvalue weighted by atomic mass is 35.5. The SMILES string of the molecule is N#Cc1ccc(NC(=O)[C@@H]2CCCNC2)cc1Cl. The average Bonchev–Trinajstić information content (AvgIpc) is 2.40. The summed E-state index contributed by atoms with van der Waals surface area (Å²) in [6.07, 6.45) is 1.93. The van der Waals surface area contributed by atoms with E-state index in [0.717, 1.165) is 25.9 Å². The highest BCUT2D eigenvalue weighted by Crippen LogP contribution is 2.21. The van der Waals surface area contributed by atoms with Gasteiger partial charge >= 0.3 is 0 Å². The number of amides is 1. The Labute approximate surface area is 111 Å². The van der Waals surface area contributed by atoms with Crippen molar-refractivity contribution in [3.05, 3.63) is 28.8 Å². The molecule has 1 aromatic carbocycles. The van der Waals surface area contributed by atoms with Gasteiger partial charge in [0, 0.05) is 12.2 Å². The molecular weight excluding hydrogens is 250 g/mol. The van der Waals surface area contributed by atoms with Crippen LogP contribution in [0.3, 0.4) is 0 Å². The molecule has 1 fully saturated rings. The van der Waals surface area contributed by atoms with Gasteiger partial charge in [0.25, 0.3) is 0 Å². The van der Waals surface area contributed by atoms with Crippen molar-refractivity contribution in [3.63, 3.8) is 0 Å². The molecule has 2 N–H and O–H groups in total. The summed E-state index contributed by atoms with van der Waals surface area (Å²) >= 11 is 5.91. The lowest BCUT2D eigenvalue weighted by Gasteiger charge is -2.21. The molecule has 0 saturated carbocycles. The van der Waals surface area contributed by atoms with Crippen molar-refractivity contribution in [2.75, 3.05) is 18.4 Å². The lowest BCUT2D eigenvalue weighted by Crippen LogP contribution is -2.37. The fraction of sp³-hybridized carbons (Fsp3) is 0.385. The summed E-state index contributed by atoms with van der Waals surface area (Å²) in [7, 11) is 0. The smallest absolute Gasteiger partial charge is 0.228 e. The van der Waals surface area contributed by atoms with E-state index in [-0.39, 0.29) is 11.8 Å². The number of piperidine rings is 1. The van der Waals surface area contributed by atoms with Crippen LogP contribution in [0.25, 0.3) is 0 Å². The number of nitrogens with zero attached hydrogens (tertiary/aromatic N) is 1. The predicted molar refractivity (Wildman–Crippen MR) is 70.4 cm³/mol. The molecule has 0 bridgehead atoms. The molecule has 0 aromatic heterocycles. The molecule has 0 spiro atoms. The second-order valence-electron chi connectivity index (χ2n) is 4.34. The van der Waals surface area contributed by atoms with Gasteiger partial charge in [-0.05, 0) is 37.6 Å². The summed E-state index contributed by atoms with van der Waals surface area (Å²) in [5.74, 6) is 0.0103. The molecular formula is C13H14ClN3O. The van der Waals surface area contributed by atoms with Gasteiger partial charge in [0.05, 0.1) is 16.5 Å². The maximum absolute atomic E-state index is 12.0. The largest absolute Gasteiger partial charge is 0.326 e. The van der Waals surface area contributed by atoms with Gasteiger partial charge in [0.15, 0.2) is 0 Å². The highest BCUT2D eigenvalue weighted by molar-refractivity contribution is 6.32. The Morgan fingerprint density at radius 1 is 1.56 bits per heavy atom. The van der Waals surface area contributed by atoms with Crippen LogP contribution in [-0.2, 0) is 4.79 Å². The summed E-state index contributed by atoms with van der Waals surface area (Å²) in [5, 5.41) is 15.2. The zero-order valence-corrected chi connectivity index (χ0v) is 10.6. The molecule has 0 radical (unpaired) electrons. The van der Waals surface area contributed by atoms with E-state index in [1.54, 1.807) is 18.2 Å².